The Labute approximate surface area is 122 Å². The Morgan fingerprint density at radius 3 is 2.76 bits per heavy atom. The van der Waals surface area contributed by atoms with Gasteiger partial charge in [0.1, 0.15) is 5.75 Å². The second-order valence-corrected chi connectivity index (χ2v) is 4.70. The van der Waals surface area contributed by atoms with Crippen molar-refractivity contribution in [3.8, 4) is 5.75 Å². The van der Waals surface area contributed by atoms with Gasteiger partial charge in [-0.25, -0.2) is 4.79 Å². The highest BCUT2D eigenvalue weighted by Gasteiger charge is 2.25. The van der Waals surface area contributed by atoms with Gasteiger partial charge in [-0.05, 0) is 25.5 Å². The van der Waals surface area contributed by atoms with E-state index in [2.05, 4.69) is 10.6 Å². The first-order chi connectivity index (χ1) is 10.1. The third-order valence-electron chi connectivity index (χ3n) is 3.15. The monoisotopic (exact) mass is 290 g/mol. The van der Waals surface area contributed by atoms with E-state index in [4.69, 9.17) is 9.84 Å². The number of hydrogen-bond acceptors (Lipinski definition) is 3. The molecule has 0 fully saturated rings. The van der Waals surface area contributed by atoms with E-state index in [1.54, 1.807) is 30.4 Å². The minimum Gasteiger partial charge on any atom is -0.492 e. The Balaban J connectivity index is 1.91. The van der Waals surface area contributed by atoms with Gasteiger partial charge in [0.2, 0.25) is 0 Å². The molecule has 2 atom stereocenters. The van der Waals surface area contributed by atoms with Gasteiger partial charge >= 0.3 is 12.0 Å². The van der Waals surface area contributed by atoms with Crippen LogP contribution in [-0.4, -0.2) is 29.8 Å². The van der Waals surface area contributed by atoms with Crippen LogP contribution in [0.1, 0.15) is 13.3 Å². The lowest BCUT2D eigenvalue weighted by atomic mass is 10.1. The highest BCUT2D eigenvalue weighted by atomic mass is 16.5. The second-order valence-electron chi connectivity index (χ2n) is 4.70. The number of rotatable bonds is 5. The Kier molecular flexibility index (Phi) is 4.81. The van der Waals surface area contributed by atoms with Gasteiger partial charge in [-0.15, -0.1) is 0 Å². The normalized spacial score (nSPS) is 20.0. The summed E-state index contributed by atoms with van der Waals surface area (Å²) in [6.07, 6.45) is 3.67. The van der Waals surface area contributed by atoms with E-state index >= 15 is 0 Å². The zero-order chi connectivity index (χ0) is 15.2. The van der Waals surface area contributed by atoms with Crippen molar-refractivity contribution in [1.29, 1.82) is 0 Å². The third-order valence-corrected chi connectivity index (χ3v) is 3.15. The van der Waals surface area contributed by atoms with Crippen molar-refractivity contribution in [3.63, 3.8) is 0 Å². The maximum absolute atomic E-state index is 11.9. The number of anilines is 1. The van der Waals surface area contributed by atoms with Crippen LogP contribution in [0.5, 0.6) is 5.75 Å². The topological polar surface area (TPSA) is 87.7 Å². The summed E-state index contributed by atoms with van der Waals surface area (Å²) in [7, 11) is 0. The van der Waals surface area contributed by atoms with Crippen LogP contribution in [0.4, 0.5) is 10.5 Å². The van der Waals surface area contributed by atoms with Crippen LogP contribution in [-0.2, 0) is 4.79 Å². The summed E-state index contributed by atoms with van der Waals surface area (Å²) in [5.74, 6) is -0.816. The quantitative estimate of drug-likeness (QED) is 0.726. The number of carbonyl (C=O) groups excluding carboxylic acids is 1. The number of urea groups is 1. The summed E-state index contributed by atoms with van der Waals surface area (Å²) in [4.78, 5) is 22.8. The zero-order valence-corrected chi connectivity index (χ0v) is 11.7. The molecule has 0 aliphatic heterocycles. The highest BCUT2D eigenvalue weighted by Crippen LogP contribution is 2.24. The van der Waals surface area contributed by atoms with Gasteiger partial charge in [0.25, 0.3) is 0 Å². The van der Waals surface area contributed by atoms with Crippen molar-refractivity contribution >= 4 is 17.7 Å². The average Bonchev–Trinajstić information content (AvgIpc) is 2.90. The molecule has 21 heavy (non-hydrogen) atoms. The molecule has 0 saturated heterocycles. The number of para-hydroxylation sites is 2. The molecule has 1 aromatic carbocycles. The average molecular weight is 290 g/mol. The fraction of sp³-hybridized carbons (Fsp3) is 0.333. The van der Waals surface area contributed by atoms with Gasteiger partial charge in [0, 0.05) is 0 Å². The first-order valence-electron chi connectivity index (χ1n) is 6.80. The van der Waals surface area contributed by atoms with Crippen molar-refractivity contribution in [3.05, 3.63) is 36.4 Å². The van der Waals surface area contributed by atoms with Crippen LogP contribution in [0.2, 0.25) is 0 Å². The van der Waals surface area contributed by atoms with Gasteiger partial charge in [0.15, 0.2) is 0 Å². The smallest absolute Gasteiger partial charge is 0.319 e. The van der Waals surface area contributed by atoms with Crippen LogP contribution in [0, 0.1) is 5.92 Å². The van der Waals surface area contributed by atoms with Crippen LogP contribution >= 0.6 is 0 Å². The molecule has 1 aliphatic carbocycles. The van der Waals surface area contributed by atoms with Gasteiger partial charge in [-0.2, -0.15) is 0 Å². The number of carboxylic acid groups (broad SMARTS) is 1. The van der Waals surface area contributed by atoms with Gasteiger partial charge in [-0.1, -0.05) is 24.3 Å². The summed E-state index contributed by atoms with van der Waals surface area (Å²) in [5, 5.41) is 14.3. The van der Waals surface area contributed by atoms with Crippen molar-refractivity contribution in [2.45, 2.75) is 19.4 Å². The van der Waals surface area contributed by atoms with Gasteiger partial charge in [-0.3, -0.25) is 4.79 Å². The Morgan fingerprint density at radius 1 is 1.33 bits per heavy atom. The van der Waals surface area contributed by atoms with Gasteiger partial charge in [0.05, 0.1) is 24.3 Å². The number of benzene rings is 1. The van der Waals surface area contributed by atoms with Crippen LogP contribution in [0.15, 0.2) is 36.4 Å². The van der Waals surface area contributed by atoms with Crippen molar-refractivity contribution < 1.29 is 19.4 Å². The SMILES string of the molecule is CCOc1ccccc1NC(=O)NC1C=CC(C(=O)O)C1. The standard InChI is InChI=1S/C15H18N2O4/c1-2-21-13-6-4-3-5-12(13)17-15(20)16-11-8-7-10(9-11)14(18)19/h3-8,10-11H,2,9H2,1H3,(H,18,19)(H2,16,17,20). The lowest BCUT2D eigenvalue weighted by molar-refractivity contribution is -0.140. The minimum absolute atomic E-state index is 0.273. The lowest BCUT2D eigenvalue weighted by Crippen LogP contribution is -2.36. The fourth-order valence-electron chi connectivity index (χ4n) is 2.17. The predicted octanol–water partition coefficient (Wildman–Crippen LogP) is 2.24. The van der Waals surface area contributed by atoms with Gasteiger partial charge < -0.3 is 20.5 Å². The number of hydrogen-bond donors (Lipinski definition) is 3. The molecule has 0 bridgehead atoms. The summed E-state index contributed by atoms with van der Waals surface area (Å²) in [6, 6.07) is 6.48. The van der Waals surface area contributed by atoms with Crippen molar-refractivity contribution in [1.82, 2.24) is 5.32 Å². The molecule has 0 saturated carbocycles. The number of aliphatic carboxylic acids is 1. The first-order valence-corrected chi connectivity index (χ1v) is 6.80. The third kappa shape index (κ3) is 3.98. The van der Waals surface area contributed by atoms with Crippen LogP contribution in [0.3, 0.4) is 0 Å². The Bertz CT molecular complexity index is 556. The Hall–Kier alpha value is -2.50. The van der Waals surface area contributed by atoms with Crippen LogP contribution in [0.25, 0.3) is 0 Å². The molecule has 0 aromatic heterocycles. The Morgan fingerprint density at radius 2 is 2.10 bits per heavy atom. The van der Waals surface area contributed by atoms with Crippen molar-refractivity contribution in [2.24, 2.45) is 5.92 Å². The molecular formula is C15H18N2O4. The number of carboxylic acids is 1. The number of carbonyl (C=O) groups is 2. The molecule has 6 heteroatoms. The summed E-state index contributed by atoms with van der Waals surface area (Å²) < 4.78 is 5.42. The molecule has 3 N–H and O–H groups in total. The fourth-order valence-corrected chi connectivity index (χ4v) is 2.17. The van der Waals surface area contributed by atoms with E-state index in [0.717, 1.165) is 0 Å². The molecule has 2 rings (SSSR count). The van der Waals surface area contributed by atoms with Crippen LogP contribution < -0.4 is 15.4 Å². The number of nitrogens with one attached hydrogen (secondary N) is 2. The zero-order valence-electron chi connectivity index (χ0n) is 11.7. The molecule has 0 spiro atoms. The lowest BCUT2D eigenvalue weighted by Gasteiger charge is -2.15. The van der Waals surface area contributed by atoms with Crippen molar-refractivity contribution in [2.75, 3.05) is 11.9 Å². The molecule has 0 heterocycles. The molecular weight excluding hydrogens is 272 g/mol. The molecule has 0 radical (unpaired) electrons. The summed E-state index contributed by atoms with van der Waals surface area (Å²) in [6.45, 7) is 2.37. The van der Waals surface area contributed by atoms with E-state index in [1.165, 1.54) is 0 Å². The van der Waals surface area contributed by atoms with E-state index in [9.17, 15) is 9.59 Å². The molecule has 1 aliphatic rings. The molecule has 2 amide bonds. The number of ether oxygens (including phenoxy) is 1. The number of amides is 2. The first kappa shape index (κ1) is 14.9. The summed E-state index contributed by atoms with van der Waals surface area (Å²) in [5.41, 5.74) is 0.577. The maximum Gasteiger partial charge on any atom is 0.319 e. The van der Waals surface area contributed by atoms with E-state index in [1.807, 2.05) is 13.0 Å². The van der Waals surface area contributed by atoms with E-state index in [0.29, 0.717) is 24.5 Å². The van der Waals surface area contributed by atoms with E-state index < -0.39 is 11.9 Å². The highest BCUT2D eigenvalue weighted by molar-refractivity contribution is 5.91. The molecule has 6 nitrogen and oxygen atoms in total. The largest absolute Gasteiger partial charge is 0.492 e. The maximum atomic E-state index is 11.9. The minimum atomic E-state index is -0.877. The summed E-state index contributed by atoms with van der Waals surface area (Å²) >= 11 is 0. The molecule has 112 valence electrons. The molecule has 1 aromatic rings. The predicted molar refractivity (Wildman–Crippen MR) is 78.4 cm³/mol. The molecule has 2 unspecified atom stereocenters. The van der Waals surface area contributed by atoms with E-state index in [-0.39, 0.29) is 12.1 Å². The second kappa shape index (κ2) is 6.78.